The van der Waals surface area contributed by atoms with E-state index in [4.69, 9.17) is 9.47 Å². The maximum atomic E-state index is 12.2. The molecule has 0 atom stereocenters. The molecule has 92 valence electrons. The predicted molar refractivity (Wildman–Crippen MR) is 61.9 cm³/mol. The minimum atomic E-state index is -0.543. The third kappa shape index (κ3) is 2.08. The lowest BCUT2D eigenvalue weighted by molar-refractivity contribution is -0.183. The molecule has 2 saturated heterocycles. The highest BCUT2D eigenvalue weighted by atomic mass is 32.1. The van der Waals surface area contributed by atoms with Crippen LogP contribution in [0.2, 0.25) is 0 Å². The van der Waals surface area contributed by atoms with Gasteiger partial charge in [0.1, 0.15) is 4.88 Å². The van der Waals surface area contributed by atoms with Crippen molar-refractivity contribution in [2.24, 2.45) is 0 Å². The number of likely N-dealkylation sites (tertiary alicyclic amines) is 1. The Balaban J connectivity index is 1.73. The van der Waals surface area contributed by atoms with Crippen LogP contribution in [-0.4, -0.2) is 47.9 Å². The summed E-state index contributed by atoms with van der Waals surface area (Å²) < 4.78 is 11.3. The van der Waals surface area contributed by atoms with Gasteiger partial charge in [-0.3, -0.25) is 9.78 Å². The van der Waals surface area contributed by atoms with E-state index in [-0.39, 0.29) is 5.91 Å². The SMILES string of the molecule is O=C(c1cncs1)N1CCCC2(C1)OCCO2. The van der Waals surface area contributed by atoms with Crippen LogP contribution in [0.4, 0.5) is 0 Å². The van der Waals surface area contributed by atoms with Gasteiger partial charge in [0.2, 0.25) is 0 Å². The van der Waals surface area contributed by atoms with Gasteiger partial charge in [-0.1, -0.05) is 0 Å². The highest BCUT2D eigenvalue weighted by Gasteiger charge is 2.42. The zero-order chi connectivity index (χ0) is 11.7. The van der Waals surface area contributed by atoms with Gasteiger partial charge in [-0.05, 0) is 6.42 Å². The van der Waals surface area contributed by atoms with Gasteiger partial charge in [0.15, 0.2) is 5.79 Å². The Morgan fingerprint density at radius 1 is 1.47 bits per heavy atom. The summed E-state index contributed by atoms with van der Waals surface area (Å²) in [6.07, 6.45) is 3.41. The highest BCUT2D eigenvalue weighted by molar-refractivity contribution is 7.11. The standard InChI is InChI=1S/C11H14N2O3S/c14-10(9-6-12-8-17-9)13-3-1-2-11(7-13)15-4-5-16-11/h6,8H,1-5,7H2. The Morgan fingerprint density at radius 2 is 2.29 bits per heavy atom. The summed E-state index contributed by atoms with van der Waals surface area (Å²) in [5.41, 5.74) is 1.68. The van der Waals surface area contributed by atoms with Crippen molar-refractivity contribution >= 4 is 17.2 Å². The molecule has 1 aromatic rings. The Kier molecular flexibility index (Phi) is 2.85. The van der Waals surface area contributed by atoms with Crippen LogP contribution in [0.3, 0.4) is 0 Å². The Morgan fingerprint density at radius 3 is 3.00 bits per heavy atom. The van der Waals surface area contributed by atoms with Crippen molar-refractivity contribution in [1.82, 2.24) is 9.88 Å². The maximum absolute atomic E-state index is 12.2. The smallest absolute Gasteiger partial charge is 0.265 e. The summed E-state index contributed by atoms with van der Waals surface area (Å²) >= 11 is 1.37. The minimum Gasteiger partial charge on any atom is -0.346 e. The van der Waals surface area contributed by atoms with Crippen LogP contribution in [0.25, 0.3) is 0 Å². The van der Waals surface area contributed by atoms with Gasteiger partial charge in [0.05, 0.1) is 31.5 Å². The number of hydrogen-bond donors (Lipinski definition) is 0. The largest absolute Gasteiger partial charge is 0.346 e. The van der Waals surface area contributed by atoms with E-state index in [9.17, 15) is 4.79 Å². The van der Waals surface area contributed by atoms with E-state index in [1.807, 2.05) is 4.90 Å². The summed E-state index contributed by atoms with van der Waals surface area (Å²) in [7, 11) is 0. The number of amides is 1. The first-order valence-electron chi connectivity index (χ1n) is 5.75. The van der Waals surface area contributed by atoms with Gasteiger partial charge in [-0.25, -0.2) is 0 Å². The highest BCUT2D eigenvalue weighted by Crippen LogP contribution is 2.30. The van der Waals surface area contributed by atoms with Gasteiger partial charge in [-0.2, -0.15) is 0 Å². The number of rotatable bonds is 1. The summed E-state index contributed by atoms with van der Waals surface area (Å²) in [5.74, 6) is -0.510. The number of nitrogens with zero attached hydrogens (tertiary/aromatic N) is 2. The molecule has 1 aromatic heterocycles. The summed E-state index contributed by atoms with van der Waals surface area (Å²) in [5, 5.41) is 0. The molecule has 17 heavy (non-hydrogen) atoms. The Hall–Kier alpha value is -0.980. The molecule has 0 unspecified atom stereocenters. The molecular formula is C11H14N2O3S. The van der Waals surface area contributed by atoms with E-state index < -0.39 is 5.79 Å². The molecule has 0 bridgehead atoms. The number of carbonyl (C=O) groups is 1. The lowest BCUT2D eigenvalue weighted by Crippen LogP contribution is -2.50. The minimum absolute atomic E-state index is 0.0330. The van der Waals surface area contributed by atoms with Gasteiger partial charge < -0.3 is 14.4 Å². The number of thiazole rings is 1. The molecule has 3 rings (SSSR count). The van der Waals surface area contributed by atoms with Crippen LogP contribution in [0.1, 0.15) is 22.5 Å². The molecule has 0 N–H and O–H groups in total. The average Bonchev–Trinajstić information content (AvgIpc) is 3.00. The van der Waals surface area contributed by atoms with Crippen molar-refractivity contribution in [3.05, 3.63) is 16.6 Å². The molecule has 0 radical (unpaired) electrons. The molecule has 6 heteroatoms. The van der Waals surface area contributed by atoms with E-state index in [0.717, 1.165) is 19.4 Å². The van der Waals surface area contributed by atoms with Crippen molar-refractivity contribution in [2.75, 3.05) is 26.3 Å². The molecule has 2 aliphatic heterocycles. The second-order valence-electron chi connectivity index (χ2n) is 4.30. The number of ether oxygens (including phenoxy) is 2. The van der Waals surface area contributed by atoms with Crippen LogP contribution in [0.5, 0.6) is 0 Å². The monoisotopic (exact) mass is 254 g/mol. The fraction of sp³-hybridized carbons (Fsp3) is 0.636. The lowest BCUT2D eigenvalue weighted by Gasteiger charge is -2.38. The van der Waals surface area contributed by atoms with Gasteiger partial charge in [0.25, 0.3) is 5.91 Å². The number of piperidine rings is 1. The quantitative estimate of drug-likeness (QED) is 0.753. The molecule has 0 saturated carbocycles. The van der Waals surface area contributed by atoms with Crippen molar-refractivity contribution in [3.8, 4) is 0 Å². The van der Waals surface area contributed by atoms with Crippen molar-refractivity contribution in [1.29, 1.82) is 0 Å². The summed E-state index contributed by atoms with van der Waals surface area (Å²) in [6, 6.07) is 0. The zero-order valence-corrected chi connectivity index (χ0v) is 10.2. The van der Waals surface area contributed by atoms with Crippen LogP contribution < -0.4 is 0 Å². The van der Waals surface area contributed by atoms with Crippen molar-refractivity contribution in [2.45, 2.75) is 18.6 Å². The first-order chi connectivity index (χ1) is 8.29. The van der Waals surface area contributed by atoms with Gasteiger partial charge >= 0.3 is 0 Å². The van der Waals surface area contributed by atoms with Gasteiger partial charge in [-0.15, -0.1) is 11.3 Å². The van der Waals surface area contributed by atoms with E-state index in [1.165, 1.54) is 11.3 Å². The van der Waals surface area contributed by atoms with Crippen LogP contribution in [0.15, 0.2) is 11.7 Å². The topological polar surface area (TPSA) is 51.7 Å². The molecule has 1 spiro atoms. The molecular weight excluding hydrogens is 240 g/mol. The van der Waals surface area contributed by atoms with Crippen molar-refractivity contribution < 1.29 is 14.3 Å². The fourth-order valence-electron chi connectivity index (χ4n) is 2.37. The lowest BCUT2D eigenvalue weighted by atomic mass is 10.0. The van der Waals surface area contributed by atoms with Crippen LogP contribution in [-0.2, 0) is 9.47 Å². The van der Waals surface area contributed by atoms with Crippen LogP contribution >= 0.6 is 11.3 Å². The average molecular weight is 254 g/mol. The Bertz CT molecular complexity index is 401. The third-order valence-corrected chi connectivity index (χ3v) is 3.92. The predicted octanol–water partition coefficient (Wildman–Crippen LogP) is 1.12. The zero-order valence-electron chi connectivity index (χ0n) is 9.42. The van der Waals surface area contributed by atoms with Gasteiger partial charge in [0, 0.05) is 13.0 Å². The first-order valence-corrected chi connectivity index (χ1v) is 6.63. The first kappa shape index (κ1) is 11.1. The molecule has 1 amide bonds. The number of carbonyl (C=O) groups excluding carboxylic acids is 1. The fourth-order valence-corrected chi connectivity index (χ4v) is 2.96. The molecule has 2 aliphatic rings. The molecule has 5 nitrogen and oxygen atoms in total. The van der Waals surface area contributed by atoms with E-state index in [1.54, 1.807) is 11.7 Å². The maximum Gasteiger partial charge on any atom is 0.265 e. The van der Waals surface area contributed by atoms with Crippen LogP contribution in [0, 0.1) is 0 Å². The third-order valence-electron chi connectivity index (χ3n) is 3.16. The molecule has 3 heterocycles. The molecule has 0 aliphatic carbocycles. The Labute approximate surface area is 103 Å². The summed E-state index contributed by atoms with van der Waals surface area (Å²) in [6.45, 7) is 2.56. The summed E-state index contributed by atoms with van der Waals surface area (Å²) in [4.78, 5) is 18.6. The molecule has 2 fully saturated rings. The number of hydrogen-bond acceptors (Lipinski definition) is 5. The normalized spacial score (nSPS) is 23.2. The van der Waals surface area contributed by atoms with E-state index in [0.29, 0.717) is 24.6 Å². The second-order valence-corrected chi connectivity index (χ2v) is 5.19. The van der Waals surface area contributed by atoms with E-state index in [2.05, 4.69) is 4.98 Å². The number of aromatic nitrogens is 1. The molecule has 0 aromatic carbocycles. The van der Waals surface area contributed by atoms with E-state index >= 15 is 0 Å². The van der Waals surface area contributed by atoms with Crippen molar-refractivity contribution in [3.63, 3.8) is 0 Å². The second kappa shape index (κ2) is 4.36.